The number of aromatic nitrogens is 3. The molecule has 0 fully saturated rings. The molecule has 0 unspecified atom stereocenters. The Kier molecular flexibility index (Phi) is 4.40. The maximum Gasteiger partial charge on any atom is 0.251 e. The summed E-state index contributed by atoms with van der Waals surface area (Å²) < 4.78 is 10.4. The Balaban J connectivity index is 1.72. The van der Waals surface area contributed by atoms with Gasteiger partial charge >= 0.3 is 0 Å². The quantitative estimate of drug-likeness (QED) is 0.778. The van der Waals surface area contributed by atoms with Crippen LogP contribution in [0.25, 0.3) is 11.0 Å². The van der Waals surface area contributed by atoms with Crippen LogP contribution < -0.4 is 5.32 Å². The fourth-order valence-corrected chi connectivity index (χ4v) is 3.10. The summed E-state index contributed by atoms with van der Waals surface area (Å²) in [5.41, 5.74) is 3.35. The normalized spacial score (nSPS) is 12.7. The molecule has 2 aromatic heterocycles. The van der Waals surface area contributed by atoms with Gasteiger partial charge in [-0.15, -0.1) is 0 Å². The highest BCUT2D eigenvalue weighted by Gasteiger charge is 2.18. The average Bonchev–Trinajstić information content (AvgIpc) is 3.15. The number of likely N-dealkylation sites (N-methyl/N-ethyl adjacent to an activating group) is 1. The van der Waals surface area contributed by atoms with Crippen LogP contribution in [0.15, 0.2) is 36.5 Å². The molecule has 0 radical (unpaired) electrons. The predicted molar refractivity (Wildman–Crippen MR) is 91.6 cm³/mol. The summed E-state index contributed by atoms with van der Waals surface area (Å²) in [4.78, 5) is 14.5. The van der Waals surface area contributed by atoms with Gasteiger partial charge in [-0.1, -0.05) is 0 Å². The molecular weight excluding hydrogens is 310 g/mol. The molecule has 6 nitrogen and oxygen atoms in total. The molecule has 7 heteroatoms. The van der Waals surface area contributed by atoms with Gasteiger partial charge in [0.1, 0.15) is 11.0 Å². The van der Waals surface area contributed by atoms with Crippen LogP contribution in [0.2, 0.25) is 0 Å². The van der Waals surface area contributed by atoms with Crippen molar-refractivity contribution in [2.45, 2.75) is 6.04 Å². The Hall–Kier alpha value is -2.25. The molecule has 0 aliphatic carbocycles. The summed E-state index contributed by atoms with van der Waals surface area (Å²) in [6.07, 6.45) is 2.01. The topological polar surface area (TPSA) is 63.1 Å². The van der Waals surface area contributed by atoms with Gasteiger partial charge in [0, 0.05) is 31.0 Å². The van der Waals surface area contributed by atoms with Crippen LogP contribution in [0.4, 0.5) is 0 Å². The van der Waals surface area contributed by atoms with E-state index >= 15 is 0 Å². The summed E-state index contributed by atoms with van der Waals surface area (Å²) in [7, 11) is 6.03. The van der Waals surface area contributed by atoms with Crippen LogP contribution in [0.5, 0.6) is 0 Å². The van der Waals surface area contributed by atoms with E-state index < -0.39 is 0 Å². The number of benzene rings is 1. The van der Waals surface area contributed by atoms with E-state index in [1.807, 2.05) is 39.5 Å². The number of amides is 1. The predicted octanol–water partition coefficient (Wildman–Crippen LogP) is 2.06. The highest BCUT2D eigenvalue weighted by molar-refractivity contribution is 7.00. The highest BCUT2D eigenvalue weighted by Crippen LogP contribution is 2.18. The lowest BCUT2D eigenvalue weighted by molar-refractivity contribution is 0.0941. The molecule has 0 aliphatic rings. The Bertz CT molecular complexity index is 823. The first-order valence-corrected chi connectivity index (χ1v) is 8.07. The monoisotopic (exact) mass is 329 g/mol. The van der Waals surface area contributed by atoms with Gasteiger partial charge in [0.15, 0.2) is 0 Å². The second-order valence-corrected chi connectivity index (χ2v) is 6.23. The fraction of sp³-hybridized carbons (Fsp3) is 0.312. The third-order valence-electron chi connectivity index (χ3n) is 3.92. The number of carbonyl (C=O) groups is 1. The number of hydrogen-bond donors (Lipinski definition) is 1. The van der Waals surface area contributed by atoms with E-state index in [2.05, 4.69) is 29.6 Å². The molecule has 0 bridgehead atoms. The second kappa shape index (κ2) is 6.47. The van der Waals surface area contributed by atoms with Gasteiger partial charge in [0.05, 0.1) is 17.8 Å². The van der Waals surface area contributed by atoms with Crippen molar-refractivity contribution >= 4 is 28.7 Å². The zero-order valence-corrected chi connectivity index (χ0v) is 14.2. The van der Waals surface area contributed by atoms with Crippen LogP contribution in [-0.4, -0.2) is 44.8 Å². The largest absolute Gasteiger partial charge is 0.353 e. The number of nitrogens with zero attached hydrogens (tertiary/aromatic N) is 4. The van der Waals surface area contributed by atoms with Crippen LogP contribution in [-0.2, 0) is 7.05 Å². The molecule has 0 saturated heterocycles. The van der Waals surface area contributed by atoms with Crippen LogP contribution >= 0.6 is 11.7 Å². The van der Waals surface area contributed by atoms with E-state index in [1.54, 1.807) is 12.1 Å². The molecule has 1 atom stereocenters. The maximum atomic E-state index is 12.4. The average molecular weight is 329 g/mol. The van der Waals surface area contributed by atoms with Crippen LogP contribution in [0.3, 0.4) is 0 Å². The summed E-state index contributed by atoms with van der Waals surface area (Å²) in [5, 5.41) is 3.01. The first-order valence-electron chi connectivity index (χ1n) is 7.34. The van der Waals surface area contributed by atoms with E-state index in [1.165, 1.54) is 0 Å². The smallest absolute Gasteiger partial charge is 0.251 e. The molecule has 0 spiro atoms. The molecule has 0 saturated carbocycles. The molecule has 1 N–H and O–H groups in total. The fourth-order valence-electron chi connectivity index (χ4n) is 2.59. The Labute approximate surface area is 139 Å². The van der Waals surface area contributed by atoms with E-state index in [0.717, 1.165) is 28.5 Å². The van der Waals surface area contributed by atoms with Gasteiger partial charge in [-0.3, -0.25) is 9.69 Å². The minimum absolute atomic E-state index is 0.0963. The number of hydrogen-bond acceptors (Lipinski definition) is 5. The third kappa shape index (κ3) is 3.25. The minimum atomic E-state index is -0.0963. The van der Waals surface area contributed by atoms with Crippen molar-refractivity contribution < 1.29 is 4.79 Å². The van der Waals surface area contributed by atoms with Gasteiger partial charge in [-0.25, -0.2) is 0 Å². The standard InChI is InChI=1S/C16H19N5OS/c1-20(2)15(14-5-4-8-21(14)3)10-17-16(22)11-6-7-12-13(9-11)19-23-18-12/h4-9,15H,10H2,1-3H3,(H,17,22)/t15-/m0/s1. The Morgan fingerprint density at radius 1 is 1.30 bits per heavy atom. The summed E-state index contributed by atoms with van der Waals surface area (Å²) in [6, 6.07) is 9.59. The van der Waals surface area contributed by atoms with E-state index in [9.17, 15) is 4.79 Å². The van der Waals surface area contributed by atoms with Gasteiger partial charge in [-0.2, -0.15) is 8.75 Å². The van der Waals surface area contributed by atoms with Crippen molar-refractivity contribution in [3.05, 3.63) is 47.8 Å². The number of carbonyl (C=O) groups excluding carboxylic acids is 1. The summed E-state index contributed by atoms with van der Waals surface area (Å²) in [5.74, 6) is -0.0963. The molecule has 1 amide bonds. The molecular formula is C16H19N5OS. The van der Waals surface area contributed by atoms with Gasteiger partial charge in [0.25, 0.3) is 5.91 Å². The number of nitrogens with one attached hydrogen (secondary N) is 1. The lowest BCUT2D eigenvalue weighted by Crippen LogP contribution is -2.35. The van der Waals surface area contributed by atoms with E-state index in [-0.39, 0.29) is 11.9 Å². The van der Waals surface area contributed by atoms with E-state index in [0.29, 0.717) is 12.1 Å². The highest BCUT2D eigenvalue weighted by atomic mass is 32.1. The molecule has 120 valence electrons. The summed E-state index contributed by atoms with van der Waals surface area (Å²) in [6.45, 7) is 0.539. The maximum absolute atomic E-state index is 12.4. The Morgan fingerprint density at radius 3 is 2.78 bits per heavy atom. The molecule has 1 aromatic carbocycles. The van der Waals surface area contributed by atoms with Crippen molar-refractivity contribution in [3.8, 4) is 0 Å². The first-order chi connectivity index (χ1) is 11.1. The zero-order valence-electron chi connectivity index (χ0n) is 13.4. The number of aryl methyl sites for hydroxylation is 1. The molecule has 0 aliphatic heterocycles. The van der Waals surface area contributed by atoms with Crippen molar-refractivity contribution in [1.82, 2.24) is 23.5 Å². The second-order valence-electron chi connectivity index (χ2n) is 5.70. The van der Waals surface area contributed by atoms with Gasteiger partial charge in [0.2, 0.25) is 0 Å². The minimum Gasteiger partial charge on any atom is -0.353 e. The SMILES string of the molecule is CN(C)[C@@H](CNC(=O)c1ccc2nsnc2c1)c1cccn1C. The molecule has 23 heavy (non-hydrogen) atoms. The van der Waals surface area contributed by atoms with Crippen molar-refractivity contribution in [2.75, 3.05) is 20.6 Å². The molecule has 3 rings (SSSR count). The van der Waals surface area contributed by atoms with Crippen LogP contribution in [0, 0.1) is 0 Å². The van der Waals surface area contributed by atoms with E-state index in [4.69, 9.17) is 0 Å². The summed E-state index contributed by atoms with van der Waals surface area (Å²) >= 11 is 1.15. The van der Waals surface area contributed by atoms with Crippen molar-refractivity contribution in [3.63, 3.8) is 0 Å². The molecule has 3 aromatic rings. The van der Waals surface area contributed by atoms with Crippen molar-refractivity contribution in [2.24, 2.45) is 7.05 Å². The molecule has 2 heterocycles. The first kappa shape index (κ1) is 15.6. The third-order valence-corrected chi connectivity index (χ3v) is 4.48. The van der Waals surface area contributed by atoms with Gasteiger partial charge in [-0.05, 0) is 44.4 Å². The van der Waals surface area contributed by atoms with Gasteiger partial charge < -0.3 is 9.88 Å². The van der Waals surface area contributed by atoms with Crippen LogP contribution in [0.1, 0.15) is 22.1 Å². The number of fused-ring (bicyclic) bond motifs is 1. The lowest BCUT2D eigenvalue weighted by atomic mass is 10.1. The lowest BCUT2D eigenvalue weighted by Gasteiger charge is -2.25. The number of rotatable bonds is 5. The van der Waals surface area contributed by atoms with Crippen molar-refractivity contribution in [1.29, 1.82) is 0 Å². The zero-order chi connectivity index (χ0) is 16.4. The Morgan fingerprint density at radius 2 is 2.09 bits per heavy atom.